The zero-order chi connectivity index (χ0) is 21.9. The maximum Gasteiger partial charge on any atom is 0.289 e. The average molecular weight is 457 g/mol. The van der Waals surface area contributed by atoms with Crippen LogP contribution in [0.2, 0.25) is 5.02 Å². The molecule has 32 heavy (non-hydrogen) atoms. The minimum atomic E-state index is -0.221. The Morgan fingerprint density at radius 1 is 1.16 bits per heavy atom. The van der Waals surface area contributed by atoms with Crippen LogP contribution in [0.3, 0.4) is 0 Å². The van der Waals surface area contributed by atoms with E-state index < -0.39 is 0 Å². The van der Waals surface area contributed by atoms with Crippen molar-refractivity contribution < 1.29 is 13.9 Å². The SMILES string of the molecule is O=C(c1ccco1)N1CCN([C@H](c2ccccc2Cl)c2nnnn2C[C@@H]2CCCO2)CC1. The third-order valence-corrected chi connectivity index (χ3v) is 6.45. The summed E-state index contributed by atoms with van der Waals surface area (Å²) in [5, 5.41) is 13.3. The highest BCUT2D eigenvalue weighted by Crippen LogP contribution is 2.33. The number of halogens is 1. The molecule has 2 aromatic heterocycles. The van der Waals surface area contributed by atoms with Crippen LogP contribution >= 0.6 is 11.6 Å². The van der Waals surface area contributed by atoms with Crippen LogP contribution in [0.1, 0.15) is 40.8 Å². The summed E-state index contributed by atoms with van der Waals surface area (Å²) in [7, 11) is 0. The summed E-state index contributed by atoms with van der Waals surface area (Å²) in [4.78, 5) is 16.8. The van der Waals surface area contributed by atoms with Gasteiger partial charge >= 0.3 is 0 Å². The standard InChI is InChI=1S/C22H25ClN6O3/c23-18-7-2-1-6-17(18)20(21-24-25-26-29(21)15-16-5-3-13-31-16)27-9-11-28(12-10-27)22(30)19-8-4-14-32-19/h1-2,4,6-8,14,16,20H,3,5,9-13,15H2/t16-,20+/m0/s1. The van der Waals surface area contributed by atoms with E-state index in [0.717, 1.165) is 30.8 Å². The van der Waals surface area contributed by atoms with Gasteiger partial charge in [0.25, 0.3) is 5.91 Å². The Morgan fingerprint density at radius 3 is 2.72 bits per heavy atom. The molecule has 0 bridgehead atoms. The molecule has 10 heteroatoms. The van der Waals surface area contributed by atoms with E-state index in [2.05, 4.69) is 20.4 Å². The highest BCUT2D eigenvalue weighted by Gasteiger charge is 2.34. The van der Waals surface area contributed by atoms with Crippen molar-refractivity contribution in [3.63, 3.8) is 0 Å². The highest BCUT2D eigenvalue weighted by molar-refractivity contribution is 6.31. The fourth-order valence-electron chi connectivity index (χ4n) is 4.45. The Hall–Kier alpha value is -2.75. The molecule has 2 aliphatic rings. The van der Waals surface area contributed by atoms with Gasteiger partial charge in [0.05, 0.1) is 25.0 Å². The Labute approximate surface area is 190 Å². The molecule has 5 rings (SSSR count). The van der Waals surface area contributed by atoms with Crippen molar-refractivity contribution in [3.05, 3.63) is 64.8 Å². The Bertz CT molecular complexity index is 1040. The zero-order valence-corrected chi connectivity index (χ0v) is 18.4. The molecule has 0 saturated carbocycles. The van der Waals surface area contributed by atoms with E-state index >= 15 is 0 Å². The second-order valence-corrected chi connectivity index (χ2v) is 8.49. The molecule has 2 atom stereocenters. The van der Waals surface area contributed by atoms with Crippen molar-refractivity contribution in [2.45, 2.75) is 31.5 Å². The van der Waals surface area contributed by atoms with Gasteiger partial charge in [-0.3, -0.25) is 9.69 Å². The predicted molar refractivity (Wildman–Crippen MR) is 116 cm³/mol. The van der Waals surface area contributed by atoms with E-state index in [0.29, 0.717) is 43.5 Å². The molecule has 0 unspecified atom stereocenters. The number of nitrogens with zero attached hydrogens (tertiary/aromatic N) is 6. The van der Waals surface area contributed by atoms with Crippen molar-refractivity contribution in [3.8, 4) is 0 Å². The van der Waals surface area contributed by atoms with E-state index in [9.17, 15) is 4.79 Å². The number of hydrogen-bond donors (Lipinski definition) is 0. The molecule has 2 fully saturated rings. The number of amides is 1. The van der Waals surface area contributed by atoms with Gasteiger partial charge in [-0.1, -0.05) is 29.8 Å². The summed E-state index contributed by atoms with van der Waals surface area (Å²) in [6.07, 6.45) is 3.70. The van der Waals surface area contributed by atoms with E-state index in [1.165, 1.54) is 6.26 Å². The van der Waals surface area contributed by atoms with E-state index in [4.69, 9.17) is 20.8 Å². The molecule has 0 N–H and O–H groups in total. The molecule has 168 valence electrons. The Morgan fingerprint density at radius 2 is 2.00 bits per heavy atom. The van der Waals surface area contributed by atoms with Crippen molar-refractivity contribution in [2.75, 3.05) is 32.8 Å². The quantitative estimate of drug-likeness (QED) is 0.563. The Kier molecular flexibility index (Phi) is 6.20. The first-order valence-corrected chi connectivity index (χ1v) is 11.3. The summed E-state index contributed by atoms with van der Waals surface area (Å²) in [5.74, 6) is 1.01. The summed E-state index contributed by atoms with van der Waals surface area (Å²) in [5.41, 5.74) is 0.948. The molecule has 9 nitrogen and oxygen atoms in total. The van der Waals surface area contributed by atoms with Gasteiger partial charge in [-0.2, -0.15) is 0 Å². The van der Waals surface area contributed by atoms with Gasteiger partial charge in [-0.25, -0.2) is 4.68 Å². The number of tetrazole rings is 1. The molecular formula is C22H25ClN6O3. The first kappa shape index (κ1) is 21.1. The minimum absolute atomic E-state index is 0.0906. The van der Waals surface area contributed by atoms with Crippen LogP contribution in [0.4, 0.5) is 0 Å². The van der Waals surface area contributed by atoms with E-state index in [1.807, 2.05) is 33.8 Å². The fourth-order valence-corrected chi connectivity index (χ4v) is 4.69. The maximum atomic E-state index is 12.7. The molecule has 0 aliphatic carbocycles. The number of furan rings is 1. The first-order chi connectivity index (χ1) is 15.7. The monoisotopic (exact) mass is 456 g/mol. The van der Waals surface area contributed by atoms with Gasteiger partial charge < -0.3 is 14.1 Å². The van der Waals surface area contributed by atoms with Crippen LogP contribution in [-0.2, 0) is 11.3 Å². The number of carbonyl (C=O) groups excluding carboxylic acids is 1. The third kappa shape index (κ3) is 4.28. The summed E-state index contributed by atoms with van der Waals surface area (Å²) in [6, 6.07) is 11.0. The van der Waals surface area contributed by atoms with Crippen LogP contribution in [-0.4, -0.2) is 74.8 Å². The zero-order valence-electron chi connectivity index (χ0n) is 17.6. The molecule has 2 aliphatic heterocycles. The highest BCUT2D eigenvalue weighted by atomic mass is 35.5. The predicted octanol–water partition coefficient (Wildman–Crippen LogP) is 2.65. The lowest BCUT2D eigenvalue weighted by Crippen LogP contribution is -2.50. The molecule has 3 aromatic rings. The largest absolute Gasteiger partial charge is 0.459 e. The van der Waals surface area contributed by atoms with Crippen LogP contribution < -0.4 is 0 Å². The molecular weight excluding hydrogens is 432 g/mol. The van der Waals surface area contributed by atoms with Gasteiger partial charge in [0, 0.05) is 37.8 Å². The molecule has 2 saturated heterocycles. The fraction of sp³-hybridized carbons (Fsp3) is 0.455. The molecule has 1 aromatic carbocycles. The average Bonchev–Trinajstić information content (AvgIpc) is 3.60. The first-order valence-electron chi connectivity index (χ1n) is 10.9. The molecule has 1 amide bonds. The molecule has 0 spiro atoms. The van der Waals surface area contributed by atoms with Crippen LogP contribution in [0.25, 0.3) is 0 Å². The molecule has 4 heterocycles. The van der Waals surface area contributed by atoms with Gasteiger partial charge in [-0.05, 0) is 47.0 Å². The number of carbonyl (C=O) groups is 1. The smallest absolute Gasteiger partial charge is 0.289 e. The lowest BCUT2D eigenvalue weighted by atomic mass is 10.0. The third-order valence-electron chi connectivity index (χ3n) is 6.10. The number of benzene rings is 1. The topological polar surface area (TPSA) is 89.5 Å². The lowest BCUT2D eigenvalue weighted by Gasteiger charge is -2.38. The number of piperazine rings is 1. The number of rotatable bonds is 6. The van der Waals surface area contributed by atoms with Gasteiger partial charge in [0.15, 0.2) is 11.6 Å². The minimum Gasteiger partial charge on any atom is -0.459 e. The Balaban J connectivity index is 1.39. The number of aromatic nitrogens is 4. The van der Waals surface area contributed by atoms with E-state index in [1.54, 1.807) is 12.1 Å². The number of hydrogen-bond acceptors (Lipinski definition) is 7. The summed E-state index contributed by atoms with van der Waals surface area (Å²) < 4.78 is 12.9. The maximum absolute atomic E-state index is 12.7. The van der Waals surface area contributed by atoms with Gasteiger partial charge in [0.1, 0.15) is 0 Å². The lowest BCUT2D eigenvalue weighted by molar-refractivity contribution is 0.0551. The normalized spacial score (nSPS) is 20.5. The van der Waals surface area contributed by atoms with Crippen molar-refractivity contribution >= 4 is 17.5 Å². The summed E-state index contributed by atoms with van der Waals surface area (Å²) >= 11 is 6.62. The summed E-state index contributed by atoms with van der Waals surface area (Å²) in [6.45, 7) is 3.87. The second-order valence-electron chi connectivity index (χ2n) is 8.08. The molecule has 0 radical (unpaired) electrons. The van der Waals surface area contributed by atoms with Gasteiger partial charge in [0.2, 0.25) is 0 Å². The van der Waals surface area contributed by atoms with Crippen LogP contribution in [0.15, 0.2) is 47.1 Å². The van der Waals surface area contributed by atoms with Crippen molar-refractivity contribution in [1.82, 2.24) is 30.0 Å². The van der Waals surface area contributed by atoms with Gasteiger partial charge in [-0.15, -0.1) is 5.10 Å². The van der Waals surface area contributed by atoms with Crippen molar-refractivity contribution in [2.24, 2.45) is 0 Å². The number of ether oxygens (including phenoxy) is 1. The van der Waals surface area contributed by atoms with Crippen LogP contribution in [0, 0.1) is 0 Å². The van der Waals surface area contributed by atoms with Crippen molar-refractivity contribution in [1.29, 1.82) is 0 Å². The van der Waals surface area contributed by atoms with Crippen LogP contribution in [0.5, 0.6) is 0 Å². The second kappa shape index (κ2) is 9.40. The van der Waals surface area contributed by atoms with E-state index in [-0.39, 0.29) is 18.1 Å².